The van der Waals surface area contributed by atoms with Crippen LogP contribution in [0.15, 0.2) is 0 Å². The Morgan fingerprint density at radius 3 is 2.05 bits per heavy atom. The van der Waals surface area contributed by atoms with E-state index in [2.05, 4.69) is 24.1 Å². The largest absolute Gasteiger partial charge is 0.392 e. The molecule has 0 unspecified atom stereocenters. The third-order valence-corrected chi connectivity index (χ3v) is 3.98. The summed E-state index contributed by atoms with van der Waals surface area (Å²) in [7, 11) is 4.06. The molecule has 0 rings (SSSR count). The van der Waals surface area contributed by atoms with Gasteiger partial charge in [-0.2, -0.15) is 0 Å². The van der Waals surface area contributed by atoms with Crippen LogP contribution in [0, 0.1) is 10.8 Å². The summed E-state index contributed by atoms with van der Waals surface area (Å²) in [4.78, 5) is 14.8. The fourth-order valence-corrected chi connectivity index (χ4v) is 2.81. The molecule has 0 aromatic heterocycles. The minimum absolute atomic E-state index is 0.0165. The summed E-state index contributed by atoms with van der Waals surface area (Å²) in [6, 6.07) is 0. The van der Waals surface area contributed by atoms with Crippen LogP contribution in [-0.4, -0.2) is 43.0 Å². The van der Waals surface area contributed by atoms with Crippen LogP contribution >= 0.6 is 12.2 Å². The van der Waals surface area contributed by atoms with Crippen LogP contribution in [0.3, 0.4) is 0 Å². The van der Waals surface area contributed by atoms with E-state index in [-0.39, 0.29) is 11.3 Å². The molecule has 0 aliphatic rings. The standard InChI is InChI=1S/C14H29N3OS/c1-7-14(8-2,11(15)19)12(18)16-9-13(3,4)10-17(5)6/h7-10H2,1-6H3,(H2,15,19)(H,16,18). The first-order chi connectivity index (χ1) is 8.61. The van der Waals surface area contributed by atoms with Gasteiger partial charge in [-0.1, -0.05) is 39.9 Å². The number of hydrogen-bond acceptors (Lipinski definition) is 3. The molecule has 0 saturated heterocycles. The summed E-state index contributed by atoms with van der Waals surface area (Å²) >= 11 is 5.09. The van der Waals surface area contributed by atoms with Crippen LogP contribution < -0.4 is 11.1 Å². The molecule has 112 valence electrons. The van der Waals surface area contributed by atoms with E-state index in [1.165, 1.54) is 0 Å². The van der Waals surface area contributed by atoms with E-state index in [1.807, 2.05) is 27.9 Å². The maximum Gasteiger partial charge on any atom is 0.233 e. The second-order valence-electron chi connectivity index (χ2n) is 6.24. The zero-order valence-electron chi connectivity index (χ0n) is 13.2. The smallest absolute Gasteiger partial charge is 0.233 e. The van der Waals surface area contributed by atoms with Gasteiger partial charge in [-0.25, -0.2) is 0 Å². The lowest BCUT2D eigenvalue weighted by Crippen LogP contribution is -2.51. The first kappa shape index (κ1) is 18.3. The van der Waals surface area contributed by atoms with Crippen molar-refractivity contribution >= 4 is 23.1 Å². The zero-order valence-corrected chi connectivity index (χ0v) is 14.0. The average Bonchev–Trinajstić information content (AvgIpc) is 2.26. The van der Waals surface area contributed by atoms with Gasteiger partial charge in [0.25, 0.3) is 0 Å². The van der Waals surface area contributed by atoms with Crippen molar-refractivity contribution in [1.82, 2.24) is 10.2 Å². The molecule has 0 aliphatic carbocycles. The molecule has 4 nitrogen and oxygen atoms in total. The number of carbonyl (C=O) groups excluding carboxylic acids is 1. The van der Waals surface area contributed by atoms with Gasteiger partial charge in [-0.15, -0.1) is 0 Å². The molecule has 0 atom stereocenters. The molecule has 0 aromatic carbocycles. The molecule has 0 saturated carbocycles. The number of rotatable bonds is 8. The molecule has 0 heterocycles. The lowest BCUT2D eigenvalue weighted by Gasteiger charge is -2.33. The minimum atomic E-state index is -0.705. The first-order valence-electron chi connectivity index (χ1n) is 6.84. The molecule has 5 heteroatoms. The lowest BCUT2D eigenvalue weighted by atomic mass is 9.81. The maximum absolute atomic E-state index is 12.4. The normalized spacial score (nSPS) is 12.6. The van der Waals surface area contributed by atoms with Gasteiger partial charge >= 0.3 is 0 Å². The van der Waals surface area contributed by atoms with Crippen molar-refractivity contribution in [3.63, 3.8) is 0 Å². The fourth-order valence-electron chi connectivity index (χ4n) is 2.43. The van der Waals surface area contributed by atoms with Crippen LogP contribution in [0.25, 0.3) is 0 Å². The van der Waals surface area contributed by atoms with Gasteiger partial charge in [-0.3, -0.25) is 4.79 Å². The highest BCUT2D eigenvalue weighted by Gasteiger charge is 2.38. The highest BCUT2D eigenvalue weighted by Crippen LogP contribution is 2.27. The van der Waals surface area contributed by atoms with Crippen molar-refractivity contribution < 1.29 is 4.79 Å². The van der Waals surface area contributed by atoms with Crippen molar-refractivity contribution in [1.29, 1.82) is 0 Å². The van der Waals surface area contributed by atoms with E-state index in [0.29, 0.717) is 24.4 Å². The highest BCUT2D eigenvalue weighted by molar-refractivity contribution is 7.80. The lowest BCUT2D eigenvalue weighted by molar-refractivity contribution is -0.128. The number of nitrogens with zero attached hydrogens (tertiary/aromatic N) is 1. The molecule has 3 N–H and O–H groups in total. The van der Waals surface area contributed by atoms with Gasteiger partial charge in [0.1, 0.15) is 0 Å². The average molecular weight is 287 g/mol. The van der Waals surface area contributed by atoms with E-state index >= 15 is 0 Å². The van der Waals surface area contributed by atoms with Gasteiger partial charge in [0, 0.05) is 13.1 Å². The van der Waals surface area contributed by atoms with Crippen LogP contribution in [0.1, 0.15) is 40.5 Å². The first-order valence-corrected chi connectivity index (χ1v) is 7.25. The zero-order chi connectivity index (χ0) is 15.3. The molecule has 0 radical (unpaired) electrons. The number of nitrogens with two attached hydrogens (primary N) is 1. The monoisotopic (exact) mass is 287 g/mol. The molecule has 0 aliphatic heterocycles. The summed E-state index contributed by atoms with van der Waals surface area (Å²) in [6.45, 7) is 9.70. The predicted octanol–water partition coefficient (Wildman–Crippen LogP) is 1.78. The summed E-state index contributed by atoms with van der Waals surface area (Å²) in [6.07, 6.45) is 1.28. The third-order valence-electron chi connectivity index (χ3n) is 3.59. The summed E-state index contributed by atoms with van der Waals surface area (Å²) in [5.41, 5.74) is 5.09. The van der Waals surface area contributed by atoms with Crippen molar-refractivity contribution in [3.8, 4) is 0 Å². The van der Waals surface area contributed by atoms with Crippen LogP contribution in [0.5, 0.6) is 0 Å². The number of carbonyl (C=O) groups is 1. The molecular formula is C14H29N3OS. The van der Waals surface area contributed by atoms with E-state index in [9.17, 15) is 4.79 Å². The summed E-state index contributed by atoms with van der Waals surface area (Å²) in [5, 5.41) is 3.02. The van der Waals surface area contributed by atoms with Crippen molar-refractivity contribution in [2.24, 2.45) is 16.6 Å². The number of amides is 1. The molecule has 0 fully saturated rings. The molecule has 0 bridgehead atoms. The topological polar surface area (TPSA) is 58.4 Å². The number of thiocarbonyl (C=S) groups is 1. The molecular weight excluding hydrogens is 258 g/mol. The Morgan fingerprint density at radius 2 is 1.74 bits per heavy atom. The van der Waals surface area contributed by atoms with E-state index < -0.39 is 5.41 Å². The molecule has 1 amide bonds. The Balaban J connectivity index is 4.72. The van der Waals surface area contributed by atoms with Crippen LogP contribution in [0.4, 0.5) is 0 Å². The Morgan fingerprint density at radius 1 is 1.26 bits per heavy atom. The molecule has 0 aromatic rings. The van der Waals surface area contributed by atoms with Gasteiger partial charge in [0.15, 0.2) is 0 Å². The van der Waals surface area contributed by atoms with Gasteiger partial charge in [0.05, 0.1) is 10.4 Å². The fraction of sp³-hybridized carbons (Fsp3) is 0.857. The van der Waals surface area contributed by atoms with Crippen LogP contribution in [0.2, 0.25) is 0 Å². The maximum atomic E-state index is 12.4. The van der Waals surface area contributed by atoms with Gasteiger partial charge in [0.2, 0.25) is 5.91 Å². The summed E-state index contributed by atoms with van der Waals surface area (Å²) in [5.74, 6) is -0.0446. The Bertz CT molecular complexity index is 323. The van der Waals surface area contributed by atoms with Crippen molar-refractivity contribution in [2.45, 2.75) is 40.5 Å². The van der Waals surface area contributed by atoms with Crippen LogP contribution in [-0.2, 0) is 4.79 Å². The predicted molar refractivity (Wildman–Crippen MR) is 85.1 cm³/mol. The van der Waals surface area contributed by atoms with Crippen molar-refractivity contribution in [3.05, 3.63) is 0 Å². The quantitative estimate of drug-likeness (QED) is 0.668. The minimum Gasteiger partial charge on any atom is -0.392 e. The number of hydrogen-bond donors (Lipinski definition) is 2. The molecule has 0 spiro atoms. The van der Waals surface area contributed by atoms with Gasteiger partial charge < -0.3 is 16.0 Å². The van der Waals surface area contributed by atoms with E-state index in [4.69, 9.17) is 18.0 Å². The van der Waals surface area contributed by atoms with E-state index in [1.54, 1.807) is 0 Å². The second kappa shape index (κ2) is 7.20. The Kier molecular flexibility index (Phi) is 6.94. The SMILES string of the molecule is CCC(CC)(C(=O)NCC(C)(C)CN(C)C)C(N)=S. The number of nitrogens with one attached hydrogen (secondary N) is 1. The van der Waals surface area contributed by atoms with Gasteiger partial charge in [-0.05, 0) is 32.4 Å². The Hall–Kier alpha value is -0.680. The Labute approximate surface area is 123 Å². The summed E-state index contributed by atoms with van der Waals surface area (Å²) < 4.78 is 0. The van der Waals surface area contributed by atoms with Crippen molar-refractivity contribution in [2.75, 3.05) is 27.2 Å². The second-order valence-corrected chi connectivity index (χ2v) is 6.68. The molecule has 19 heavy (non-hydrogen) atoms. The van der Waals surface area contributed by atoms with E-state index in [0.717, 1.165) is 6.54 Å². The third kappa shape index (κ3) is 5.07. The highest BCUT2D eigenvalue weighted by atomic mass is 32.1.